The number of carbonyl (C=O) groups excluding carboxylic acids is 3. The lowest BCUT2D eigenvalue weighted by Gasteiger charge is -2.30. The van der Waals surface area contributed by atoms with Crippen molar-refractivity contribution in [2.75, 3.05) is 6.54 Å². The number of rotatable bonds is 2. The summed E-state index contributed by atoms with van der Waals surface area (Å²) >= 11 is 0. The van der Waals surface area contributed by atoms with E-state index in [4.69, 9.17) is 5.84 Å². The van der Waals surface area contributed by atoms with Crippen molar-refractivity contribution in [3.05, 3.63) is 5.82 Å². The van der Waals surface area contributed by atoms with Crippen LogP contribution in [-0.4, -0.2) is 77.3 Å². The smallest absolute Gasteiger partial charge is 0.309 e. The van der Waals surface area contributed by atoms with Gasteiger partial charge in [0, 0.05) is 6.54 Å². The maximum Gasteiger partial charge on any atom is 0.344 e. The molecule has 2 atom stereocenters. The van der Waals surface area contributed by atoms with Gasteiger partial charge in [0.1, 0.15) is 6.04 Å². The van der Waals surface area contributed by atoms with Gasteiger partial charge in [-0.2, -0.15) is 0 Å². The Kier molecular flexibility index (Phi) is 3.03. The first-order valence-corrected chi connectivity index (χ1v) is 6.16. The minimum atomic E-state index is -0.903. The minimum absolute atomic E-state index is 0.220. The molecule has 0 aromatic carbocycles. The first kappa shape index (κ1) is 13.4. The number of amides is 4. The summed E-state index contributed by atoms with van der Waals surface area (Å²) in [5, 5.41) is 22.5. The third-order valence-electron chi connectivity index (χ3n) is 3.63. The van der Waals surface area contributed by atoms with E-state index in [1.807, 2.05) is 0 Å². The molecule has 12 nitrogen and oxygen atoms in total. The highest BCUT2D eigenvalue weighted by molar-refractivity contribution is 6.04. The second kappa shape index (κ2) is 4.75. The molecule has 1 aromatic rings. The van der Waals surface area contributed by atoms with Crippen molar-refractivity contribution in [3.63, 3.8) is 0 Å². The molecular weight excluding hydrogens is 284 g/mol. The zero-order valence-corrected chi connectivity index (χ0v) is 10.7. The quantitative estimate of drug-likeness (QED) is 0.180. The van der Waals surface area contributed by atoms with E-state index in [1.54, 1.807) is 0 Å². The number of fused-ring (bicyclic) bond motifs is 2. The monoisotopic (exact) mass is 296 g/mol. The summed E-state index contributed by atoms with van der Waals surface area (Å²) in [5.41, 5.74) is 0. The fraction of sp³-hybridized carbons (Fsp3) is 0.556. The van der Waals surface area contributed by atoms with E-state index in [0.717, 1.165) is 0 Å². The molecule has 0 unspecified atom stereocenters. The van der Waals surface area contributed by atoms with Crippen LogP contribution in [0.1, 0.15) is 23.5 Å². The highest BCUT2D eigenvalue weighted by Gasteiger charge is 2.48. The largest absolute Gasteiger partial charge is 0.344 e. The molecule has 2 aliphatic heterocycles. The zero-order valence-electron chi connectivity index (χ0n) is 10.7. The molecule has 4 N–H and O–H groups in total. The van der Waals surface area contributed by atoms with Gasteiger partial charge in [0.2, 0.25) is 5.82 Å². The van der Waals surface area contributed by atoms with Crippen LogP contribution >= 0.6 is 0 Å². The Labute approximate surface area is 117 Å². The third kappa shape index (κ3) is 2.00. The molecule has 21 heavy (non-hydrogen) atoms. The predicted octanol–water partition coefficient (Wildman–Crippen LogP) is -2.30. The van der Waals surface area contributed by atoms with E-state index >= 15 is 0 Å². The molecule has 0 saturated carbocycles. The number of urea groups is 1. The van der Waals surface area contributed by atoms with E-state index in [0.29, 0.717) is 22.9 Å². The van der Waals surface area contributed by atoms with Gasteiger partial charge in [-0.25, -0.2) is 25.8 Å². The number of nitrogens with two attached hydrogens (primary N) is 1. The molecule has 2 fully saturated rings. The van der Waals surface area contributed by atoms with Gasteiger partial charge in [0.25, 0.3) is 5.91 Å². The first-order valence-electron chi connectivity index (χ1n) is 6.16. The number of H-pyrrole nitrogens is 1. The van der Waals surface area contributed by atoms with Crippen LogP contribution in [0.25, 0.3) is 0 Å². The molecule has 1 aromatic heterocycles. The van der Waals surface area contributed by atoms with Crippen molar-refractivity contribution < 1.29 is 19.6 Å². The summed E-state index contributed by atoms with van der Waals surface area (Å²) in [6, 6.07) is -1.89. The number of tetrazole rings is 1. The number of hydroxylamine groups is 2. The van der Waals surface area contributed by atoms with E-state index in [2.05, 4.69) is 20.6 Å². The van der Waals surface area contributed by atoms with E-state index in [9.17, 15) is 19.6 Å². The molecule has 112 valence electrons. The van der Waals surface area contributed by atoms with Crippen molar-refractivity contribution >= 4 is 17.8 Å². The van der Waals surface area contributed by atoms with Gasteiger partial charge < -0.3 is 4.90 Å². The summed E-state index contributed by atoms with van der Waals surface area (Å²) in [4.78, 5) is 37.1. The minimum Gasteiger partial charge on any atom is -0.309 e. The van der Waals surface area contributed by atoms with Crippen LogP contribution in [0, 0.1) is 0 Å². The predicted molar refractivity (Wildman–Crippen MR) is 62.1 cm³/mol. The van der Waals surface area contributed by atoms with Crippen LogP contribution < -0.4 is 5.84 Å². The number of aromatic amines is 1. The summed E-state index contributed by atoms with van der Waals surface area (Å²) in [6.45, 7) is 0.220. The summed E-state index contributed by atoms with van der Waals surface area (Å²) in [7, 11) is 0. The Morgan fingerprint density at radius 3 is 2.86 bits per heavy atom. The number of nitrogens with zero attached hydrogens (tertiary/aromatic N) is 6. The molecule has 2 bridgehead atoms. The van der Waals surface area contributed by atoms with Crippen molar-refractivity contribution in [2.24, 2.45) is 5.84 Å². The average molecular weight is 296 g/mol. The normalized spacial score (nSPS) is 24.4. The molecule has 12 heteroatoms. The average Bonchev–Trinajstić information content (AvgIpc) is 3.10. The number of imide groups is 1. The van der Waals surface area contributed by atoms with Gasteiger partial charge in [-0.1, -0.05) is 0 Å². The maximum absolute atomic E-state index is 12.3. The number of nitrogens with one attached hydrogen (secondary N) is 1. The van der Waals surface area contributed by atoms with E-state index in [1.165, 1.54) is 4.90 Å². The van der Waals surface area contributed by atoms with Gasteiger partial charge in [0.05, 0.1) is 6.04 Å². The number of carbonyl (C=O) groups is 3. The highest BCUT2D eigenvalue weighted by atomic mass is 16.5. The molecule has 0 spiro atoms. The van der Waals surface area contributed by atoms with E-state index in [-0.39, 0.29) is 18.4 Å². The topological polar surface area (TPSA) is 162 Å². The number of hydrogen-bond donors (Lipinski definition) is 3. The van der Waals surface area contributed by atoms with Gasteiger partial charge in [-0.15, -0.1) is 5.10 Å². The Bertz CT molecular complexity index is 589. The van der Waals surface area contributed by atoms with Crippen molar-refractivity contribution in [1.29, 1.82) is 0 Å². The van der Waals surface area contributed by atoms with Crippen LogP contribution in [0.4, 0.5) is 4.79 Å². The van der Waals surface area contributed by atoms with Crippen LogP contribution in [0.15, 0.2) is 0 Å². The molecule has 2 saturated heterocycles. The van der Waals surface area contributed by atoms with Gasteiger partial charge in [-0.05, 0) is 23.3 Å². The highest BCUT2D eigenvalue weighted by Crippen LogP contribution is 2.29. The Morgan fingerprint density at radius 1 is 1.43 bits per heavy atom. The lowest BCUT2D eigenvalue weighted by atomic mass is 10.00. The second-order valence-corrected chi connectivity index (χ2v) is 4.79. The summed E-state index contributed by atoms with van der Waals surface area (Å²) < 4.78 is 0. The van der Waals surface area contributed by atoms with Gasteiger partial charge in [0.15, 0.2) is 0 Å². The molecule has 3 heterocycles. The lowest BCUT2D eigenvalue weighted by Crippen LogP contribution is -2.55. The van der Waals surface area contributed by atoms with Crippen molar-refractivity contribution in [1.82, 2.24) is 35.6 Å². The fourth-order valence-corrected chi connectivity index (χ4v) is 2.53. The number of hydrazine groups is 1. The maximum atomic E-state index is 12.3. The van der Waals surface area contributed by atoms with E-state index < -0.39 is 23.9 Å². The molecule has 2 aliphatic rings. The fourth-order valence-electron chi connectivity index (χ4n) is 2.53. The Morgan fingerprint density at radius 2 is 2.19 bits per heavy atom. The van der Waals surface area contributed by atoms with Gasteiger partial charge in [-0.3, -0.25) is 14.8 Å². The Hall–Kier alpha value is -2.60. The summed E-state index contributed by atoms with van der Waals surface area (Å²) in [5.74, 6) is 3.56. The van der Waals surface area contributed by atoms with Crippen LogP contribution in [0.2, 0.25) is 0 Å². The number of aromatic nitrogens is 4. The Balaban J connectivity index is 1.76. The number of hydrogen-bond acceptors (Lipinski definition) is 8. The van der Waals surface area contributed by atoms with Crippen molar-refractivity contribution in [3.8, 4) is 0 Å². The lowest BCUT2D eigenvalue weighted by molar-refractivity contribution is -0.134. The first-order chi connectivity index (χ1) is 10.0. The van der Waals surface area contributed by atoms with Gasteiger partial charge >= 0.3 is 11.9 Å². The number of piperidine rings is 1. The van der Waals surface area contributed by atoms with Crippen LogP contribution in [-0.2, 0) is 4.79 Å². The van der Waals surface area contributed by atoms with Crippen LogP contribution in [0.3, 0.4) is 0 Å². The molecule has 0 aliphatic carbocycles. The van der Waals surface area contributed by atoms with Crippen molar-refractivity contribution in [2.45, 2.75) is 24.9 Å². The second-order valence-electron chi connectivity index (χ2n) is 4.79. The zero-order chi connectivity index (χ0) is 15.1. The SMILES string of the molecule is NN(C(=O)c1nnn[nH]1)C(=O)[C@@H]1CC[C@@H]2CN1C(=O)N2O. The molecule has 0 radical (unpaired) electrons. The van der Waals surface area contributed by atoms with Crippen LogP contribution in [0.5, 0.6) is 0 Å². The molecule has 3 rings (SSSR count). The molecular formula is C9H12N8O4. The molecule has 4 amide bonds. The third-order valence-corrected chi connectivity index (χ3v) is 3.63. The summed E-state index contributed by atoms with van der Waals surface area (Å²) in [6.07, 6.45) is 0.753. The standard InChI is InChI=1S/C9H12N8O4/c10-16(8(19)6-11-13-14-12-6)7(18)5-2-1-4-3-15(5)9(20)17(4)21/h4-5,21H,1-3,10H2,(H,11,12,13,14)/t4-,5+/m1/s1.